The van der Waals surface area contributed by atoms with Crippen LogP contribution < -0.4 is 11.1 Å². The molecule has 0 radical (unpaired) electrons. The standard InChI is InChI=1S/C10H22N2O2/c1-3-9(11)8-10(13)12-6-5-7-14-4-2/h9H,3-8,11H2,1-2H3,(H,12,13). The molecule has 0 aliphatic rings. The summed E-state index contributed by atoms with van der Waals surface area (Å²) in [6, 6.07) is -0.0121. The van der Waals surface area contributed by atoms with Crippen LogP contribution in [0.2, 0.25) is 0 Å². The summed E-state index contributed by atoms with van der Waals surface area (Å²) in [5.41, 5.74) is 5.64. The fraction of sp³-hybridized carbons (Fsp3) is 0.900. The lowest BCUT2D eigenvalue weighted by atomic mass is 10.1. The molecule has 84 valence electrons. The third-order valence-corrected chi connectivity index (χ3v) is 1.96. The van der Waals surface area contributed by atoms with Gasteiger partial charge < -0.3 is 15.8 Å². The van der Waals surface area contributed by atoms with Crippen molar-refractivity contribution in [2.75, 3.05) is 19.8 Å². The van der Waals surface area contributed by atoms with Gasteiger partial charge in [-0.05, 0) is 19.8 Å². The van der Waals surface area contributed by atoms with Gasteiger partial charge in [0, 0.05) is 32.2 Å². The molecule has 4 heteroatoms. The Labute approximate surface area is 86.2 Å². The van der Waals surface area contributed by atoms with E-state index in [-0.39, 0.29) is 11.9 Å². The Morgan fingerprint density at radius 1 is 1.50 bits per heavy atom. The molecule has 1 unspecified atom stereocenters. The normalized spacial score (nSPS) is 12.5. The molecular formula is C10H22N2O2. The van der Waals surface area contributed by atoms with E-state index >= 15 is 0 Å². The van der Waals surface area contributed by atoms with Crippen LogP contribution >= 0.6 is 0 Å². The van der Waals surface area contributed by atoms with Gasteiger partial charge in [-0.15, -0.1) is 0 Å². The van der Waals surface area contributed by atoms with E-state index < -0.39 is 0 Å². The zero-order valence-corrected chi connectivity index (χ0v) is 9.21. The second kappa shape index (κ2) is 8.97. The number of nitrogens with two attached hydrogens (primary N) is 1. The van der Waals surface area contributed by atoms with Crippen LogP contribution in [0.3, 0.4) is 0 Å². The summed E-state index contributed by atoms with van der Waals surface area (Å²) in [5, 5.41) is 2.81. The van der Waals surface area contributed by atoms with E-state index in [2.05, 4.69) is 5.32 Å². The summed E-state index contributed by atoms with van der Waals surface area (Å²) in [7, 11) is 0. The van der Waals surface area contributed by atoms with E-state index in [1.54, 1.807) is 0 Å². The molecule has 0 aliphatic carbocycles. The van der Waals surface area contributed by atoms with Crippen LogP contribution in [0.25, 0.3) is 0 Å². The number of amides is 1. The first kappa shape index (κ1) is 13.4. The highest BCUT2D eigenvalue weighted by molar-refractivity contribution is 5.76. The summed E-state index contributed by atoms with van der Waals surface area (Å²) < 4.78 is 5.14. The number of rotatable bonds is 8. The molecule has 1 atom stereocenters. The first-order chi connectivity index (χ1) is 6.70. The summed E-state index contributed by atoms with van der Waals surface area (Å²) in [4.78, 5) is 11.2. The number of hydrogen-bond donors (Lipinski definition) is 2. The first-order valence-electron chi connectivity index (χ1n) is 5.30. The second-order valence-corrected chi connectivity index (χ2v) is 3.27. The van der Waals surface area contributed by atoms with Crippen LogP contribution in [0.15, 0.2) is 0 Å². The number of nitrogens with one attached hydrogen (secondary N) is 1. The third-order valence-electron chi connectivity index (χ3n) is 1.96. The van der Waals surface area contributed by atoms with Crippen molar-refractivity contribution in [3.05, 3.63) is 0 Å². The summed E-state index contributed by atoms with van der Waals surface area (Å²) in [5.74, 6) is 0.0378. The van der Waals surface area contributed by atoms with Gasteiger partial charge >= 0.3 is 0 Å². The van der Waals surface area contributed by atoms with E-state index in [1.807, 2.05) is 13.8 Å². The average Bonchev–Trinajstić information content (AvgIpc) is 2.17. The van der Waals surface area contributed by atoms with Crippen molar-refractivity contribution in [1.82, 2.24) is 5.32 Å². The zero-order valence-electron chi connectivity index (χ0n) is 9.21. The monoisotopic (exact) mass is 202 g/mol. The third kappa shape index (κ3) is 8.01. The van der Waals surface area contributed by atoms with E-state index in [0.29, 0.717) is 19.6 Å². The minimum absolute atomic E-state index is 0.0121. The van der Waals surface area contributed by atoms with Crippen LogP contribution in [0.5, 0.6) is 0 Å². The van der Waals surface area contributed by atoms with Crippen molar-refractivity contribution in [2.24, 2.45) is 5.73 Å². The smallest absolute Gasteiger partial charge is 0.221 e. The molecule has 0 rings (SSSR count). The highest BCUT2D eigenvalue weighted by Gasteiger charge is 2.05. The van der Waals surface area contributed by atoms with Crippen LogP contribution in [0.4, 0.5) is 0 Å². The molecule has 0 aliphatic heterocycles. The molecule has 3 N–H and O–H groups in total. The predicted octanol–water partition coefficient (Wildman–Crippen LogP) is 0.657. The van der Waals surface area contributed by atoms with Crippen molar-refractivity contribution >= 4 is 5.91 Å². The van der Waals surface area contributed by atoms with Crippen molar-refractivity contribution in [1.29, 1.82) is 0 Å². The molecule has 0 aromatic heterocycles. The fourth-order valence-electron chi connectivity index (χ4n) is 1.00. The molecule has 0 aromatic carbocycles. The summed E-state index contributed by atoms with van der Waals surface area (Å²) in [6.45, 7) is 6.05. The molecular weight excluding hydrogens is 180 g/mol. The maximum absolute atomic E-state index is 11.2. The Morgan fingerprint density at radius 2 is 2.21 bits per heavy atom. The SMILES string of the molecule is CCOCCCNC(=O)CC(N)CC. The molecule has 0 heterocycles. The van der Waals surface area contributed by atoms with Gasteiger partial charge in [0.15, 0.2) is 0 Å². The summed E-state index contributed by atoms with van der Waals surface area (Å²) in [6.07, 6.45) is 2.12. The van der Waals surface area contributed by atoms with E-state index in [4.69, 9.17) is 10.5 Å². The predicted molar refractivity (Wildman–Crippen MR) is 57.0 cm³/mol. The molecule has 0 bridgehead atoms. The molecule has 4 nitrogen and oxygen atoms in total. The van der Waals surface area contributed by atoms with Crippen LogP contribution in [-0.2, 0) is 9.53 Å². The Kier molecular flexibility index (Phi) is 8.57. The van der Waals surface area contributed by atoms with Gasteiger partial charge in [-0.25, -0.2) is 0 Å². The number of carbonyl (C=O) groups is 1. The van der Waals surface area contributed by atoms with E-state index in [0.717, 1.165) is 19.4 Å². The van der Waals surface area contributed by atoms with E-state index in [1.165, 1.54) is 0 Å². The number of carbonyl (C=O) groups excluding carboxylic acids is 1. The first-order valence-corrected chi connectivity index (χ1v) is 5.30. The van der Waals surface area contributed by atoms with Gasteiger partial charge in [-0.2, -0.15) is 0 Å². The van der Waals surface area contributed by atoms with Gasteiger partial charge in [0.2, 0.25) is 5.91 Å². The Bertz CT molecular complexity index is 151. The minimum Gasteiger partial charge on any atom is -0.382 e. The molecule has 0 saturated carbocycles. The molecule has 1 amide bonds. The highest BCUT2D eigenvalue weighted by Crippen LogP contribution is 1.92. The Balaban J connectivity index is 3.27. The van der Waals surface area contributed by atoms with Crippen molar-refractivity contribution in [3.63, 3.8) is 0 Å². The average molecular weight is 202 g/mol. The summed E-state index contributed by atoms with van der Waals surface area (Å²) >= 11 is 0. The van der Waals surface area contributed by atoms with Gasteiger partial charge in [0.25, 0.3) is 0 Å². The fourth-order valence-corrected chi connectivity index (χ4v) is 1.00. The van der Waals surface area contributed by atoms with Gasteiger partial charge in [0.05, 0.1) is 0 Å². The number of ether oxygens (including phenoxy) is 1. The maximum atomic E-state index is 11.2. The molecule has 0 aromatic rings. The molecule has 0 saturated heterocycles. The Morgan fingerprint density at radius 3 is 2.79 bits per heavy atom. The minimum atomic E-state index is -0.0121. The van der Waals surface area contributed by atoms with Crippen molar-refractivity contribution in [2.45, 2.75) is 39.2 Å². The zero-order chi connectivity index (χ0) is 10.8. The van der Waals surface area contributed by atoms with Crippen LogP contribution in [0, 0.1) is 0 Å². The molecule has 0 spiro atoms. The van der Waals surface area contributed by atoms with Gasteiger partial charge in [0.1, 0.15) is 0 Å². The van der Waals surface area contributed by atoms with Crippen molar-refractivity contribution < 1.29 is 9.53 Å². The van der Waals surface area contributed by atoms with Gasteiger partial charge in [-0.3, -0.25) is 4.79 Å². The van der Waals surface area contributed by atoms with E-state index in [9.17, 15) is 4.79 Å². The lowest BCUT2D eigenvalue weighted by Gasteiger charge is -2.09. The van der Waals surface area contributed by atoms with Gasteiger partial charge in [-0.1, -0.05) is 6.92 Å². The maximum Gasteiger partial charge on any atom is 0.221 e. The quantitative estimate of drug-likeness (QED) is 0.568. The highest BCUT2D eigenvalue weighted by atomic mass is 16.5. The van der Waals surface area contributed by atoms with Crippen LogP contribution in [-0.4, -0.2) is 31.7 Å². The topological polar surface area (TPSA) is 64.3 Å². The largest absolute Gasteiger partial charge is 0.382 e. The number of hydrogen-bond acceptors (Lipinski definition) is 3. The Hall–Kier alpha value is -0.610. The molecule has 14 heavy (non-hydrogen) atoms. The lowest BCUT2D eigenvalue weighted by molar-refractivity contribution is -0.121. The molecule has 0 fully saturated rings. The lowest BCUT2D eigenvalue weighted by Crippen LogP contribution is -2.32. The van der Waals surface area contributed by atoms with Crippen molar-refractivity contribution in [3.8, 4) is 0 Å². The van der Waals surface area contributed by atoms with Crippen LogP contribution in [0.1, 0.15) is 33.1 Å². The second-order valence-electron chi connectivity index (χ2n) is 3.27.